The highest BCUT2D eigenvalue weighted by molar-refractivity contribution is 5.19. The molecule has 1 aliphatic carbocycles. The van der Waals surface area contributed by atoms with Crippen molar-refractivity contribution in [3.05, 3.63) is 17.5 Å². The summed E-state index contributed by atoms with van der Waals surface area (Å²) in [5.74, 6) is 0. The van der Waals surface area contributed by atoms with Crippen molar-refractivity contribution < 1.29 is 0 Å². The van der Waals surface area contributed by atoms with Gasteiger partial charge in [0.2, 0.25) is 0 Å². The summed E-state index contributed by atoms with van der Waals surface area (Å²) in [6, 6.07) is 2.84. The number of hydrogen-bond donors (Lipinski definition) is 1. The van der Waals surface area contributed by atoms with Crippen LogP contribution in [0.4, 0.5) is 0 Å². The Morgan fingerprint density at radius 1 is 1.22 bits per heavy atom. The predicted octanol–water partition coefficient (Wildman–Crippen LogP) is 2.99. The minimum absolute atomic E-state index is 0.400. The molecule has 0 atom stereocenters. The third kappa shape index (κ3) is 1.99. The van der Waals surface area contributed by atoms with Crippen LogP contribution in [0.15, 0.2) is 6.07 Å². The first kappa shape index (κ1) is 13.6. The summed E-state index contributed by atoms with van der Waals surface area (Å²) in [7, 11) is 0. The Morgan fingerprint density at radius 2 is 1.83 bits per heavy atom. The van der Waals surface area contributed by atoms with E-state index in [0.29, 0.717) is 16.9 Å². The van der Waals surface area contributed by atoms with Crippen LogP contribution in [0.25, 0.3) is 0 Å². The van der Waals surface area contributed by atoms with Crippen LogP contribution >= 0.6 is 0 Å². The largest absolute Gasteiger partial charge is 0.307 e. The van der Waals surface area contributed by atoms with Gasteiger partial charge < -0.3 is 5.32 Å². The van der Waals surface area contributed by atoms with Crippen molar-refractivity contribution in [2.75, 3.05) is 0 Å². The molecule has 3 heteroatoms. The molecule has 1 aliphatic rings. The molecule has 0 radical (unpaired) electrons. The van der Waals surface area contributed by atoms with Gasteiger partial charge in [-0.15, -0.1) is 0 Å². The lowest BCUT2D eigenvalue weighted by molar-refractivity contribution is 0.457. The van der Waals surface area contributed by atoms with E-state index in [1.165, 1.54) is 11.4 Å². The molecular weight excluding hydrogens is 222 g/mol. The van der Waals surface area contributed by atoms with Crippen LogP contribution in [0, 0.1) is 10.8 Å². The number of rotatable bonds is 5. The Balaban J connectivity index is 2.01. The lowest BCUT2D eigenvalue weighted by Crippen LogP contribution is -2.23. The number of aryl methyl sites for hydroxylation is 2. The molecule has 0 saturated heterocycles. The van der Waals surface area contributed by atoms with E-state index in [9.17, 15) is 0 Å². The second-order valence-corrected chi connectivity index (χ2v) is 6.55. The first-order valence-electron chi connectivity index (χ1n) is 7.13. The van der Waals surface area contributed by atoms with Crippen LogP contribution in [-0.4, -0.2) is 15.8 Å². The maximum Gasteiger partial charge on any atom is 0.0625 e. The van der Waals surface area contributed by atoms with Crippen LogP contribution < -0.4 is 5.32 Å². The van der Waals surface area contributed by atoms with Gasteiger partial charge in [0.15, 0.2) is 0 Å². The molecule has 0 amide bonds. The molecule has 102 valence electrons. The molecular formula is C15H27N3. The van der Waals surface area contributed by atoms with Gasteiger partial charge >= 0.3 is 0 Å². The summed E-state index contributed by atoms with van der Waals surface area (Å²) in [4.78, 5) is 0. The van der Waals surface area contributed by atoms with E-state index < -0.39 is 0 Å². The highest BCUT2D eigenvalue weighted by Gasteiger charge is 2.64. The number of aromatic nitrogens is 2. The van der Waals surface area contributed by atoms with Gasteiger partial charge in [-0.25, -0.2) is 0 Å². The zero-order valence-corrected chi connectivity index (χ0v) is 12.7. The Labute approximate surface area is 111 Å². The van der Waals surface area contributed by atoms with Crippen LogP contribution in [-0.2, 0) is 19.5 Å². The molecule has 1 N–H and O–H groups in total. The van der Waals surface area contributed by atoms with Crippen molar-refractivity contribution in [1.29, 1.82) is 0 Å². The Kier molecular flexibility index (Phi) is 3.30. The molecule has 1 aromatic rings. The summed E-state index contributed by atoms with van der Waals surface area (Å²) < 4.78 is 2.12. The van der Waals surface area contributed by atoms with E-state index in [1.807, 2.05) is 0 Å². The van der Waals surface area contributed by atoms with Gasteiger partial charge in [0.25, 0.3) is 0 Å². The Morgan fingerprint density at radius 3 is 2.28 bits per heavy atom. The topological polar surface area (TPSA) is 29.9 Å². The molecule has 1 fully saturated rings. The van der Waals surface area contributed by atoms with E-state index in [-0.39, 0.29) is 0 Å². The number of nitrogens with one attached hydrogen (secondary N) is 1. The van der Waals surface area contributed by atoms with Gasteiger partial charge in [0, 0.05) is 19.1 Å². The van der Waals surface area contributed by atoms with E-state index in [4.69, 9.17) is 0 Å². The highest BCUT2D eigenvalue weighted by Crippen LogP contribution is 2.62. The van der Waals surface area contributed by atoms with Crippen molar-refractivity contribution in [2.24, 2.45) is 10.8 Å². The maximum atomic E-state index is 4.59. The lowest BCUT2D eigenvalue weighted by Gasteiger charge is -2.08. The normalized spacial score (nSPS) is 21.2. The minimum Gasteiger partial charge on any atom is -0.307 e. The number of nitrogens with zero attached hydrogens (tertiary/aromatic N) is 2. The Bertz CT molecular complexity index is 415. The van der Waals surface area contributed by atoms with E-state index >= 15 is 0 Å². The minimum atomic E-state index is 0.400. The molecule has 1 aromatic heterocycles. The molecule has 3 nitrogen and oxygen atoms in total. The van der Waals surface area contributed by atoms with Gasteiger partial charge in [-0.05, 0) is 30.2 Å². The van der Waals surface area contributed by atoms with Gasteiger partial charge in [0.1, 0.15) is 0 Å². The smallest absolute Gasteiger partial charge is 0.0625 e. The fourth-order valence-electron chi connectivity index (χ4n) is 3.02. The fraction of sp³-hybridized carbons (Fsp3) is 0.800. The lowest BCUT2D eigenvalue weighted by atomic mass is 10.0. The molecule has 1 heterocycles. The van der Waals surface area contributed by atoms with Gasteiger partial charge in [-0.2, -0.15) is 5.10 Å². The molecule has 18 heavy (non-hydrogen) atoms. The van der Waals surface area contributed by atoms with Crippen molar-refractivity contribution in [3.63, 3.8) is 0 Å². The average Bonchev–Trinajstić information content (AvgIpc) is 2.67. The quantitative estimate of drug-likeness (QED) is 0.869. The monoisotopic (exact) mass is 249 g/mol. The summed E-state index contributed by atoms with van der Waals surface area (Å²) in [6.45, 7) is 15.6. The van der Waals surface area contributed by atoms with Crippen molar-refractivity contribution in [1.82, 2.24) is 15.1 Å². The number of hydrogen-bond acceptors (Lipinski definition) is 2. The SMILES string of the molecule is CCc1cc(CNC2C(C)(C)C2(C)C)n(CC)n1. The van der Waals surface area contributed by atoms with Crippen LogP contribution in [0.2, 0.25) is 0 Å². The third-order valence-electron chi connectivity index (χ3n) is 5.08. The van der Waals surface area contributed by atoms with Crippen LogP contribution in [0.5, 0.6) is 0 Å². The molecule has 0 bridgehead atoms. The zero-order chi connectivity index (χ0) is 13.6. The zero-order valence-electron chi connectivity index (χ0n) is 12.7. The fourth-order valence-corrected chi connectivity index (χ4v) is 3.02. The Hall–Kier alpha value is -0.830. The van der Waals surface area contributed by atoms with Crippen LogP contribution in [0.1, 0.15) is 52.9 Å². The predicted molar refractivity (Wildman–Crippen MR) is 75.5 cm³/mol. The molecule has 1 saturated carbocycles. The first-order valence-corrected chi connectivity index (χ1v) is 7.13. The van der Waals surface area contributed by atoms with Crippen molar-refractivity contribution in [2.45, 2.75) is 67.1 Å². The van der Waals surface area contributed by atoms with Crippen molar-refractivity contribution >= 4 is 0 Å². The van der Waals surface area contributed by atoms with Gasteiger partial charge in [-0.1, -0.05) is 34.6 Å². The van der Waals surface area contributed by atoms with Gasteiger partial charge in [0.05, 0.1) is 11.4 Å². The third-order valence-corrected chi connectivity index (χ3v) is 5.08. The standard InChI is InChI=1S/C15H27N3/c1-7-11-9-12(18(8-2)17-11)10-16-13-14(3,4)15(13,5)6/h9,13,16H,7-8,10H2,1-6H3. The maximum absolute atomic E-state index is 4.59. The molecule has 0 spiro atoms. The second-order valence-electron chi connectivity index (χ2n) is 6.55. The molecule has 0 unspecified atom stereocenters. The van der Waals surface area contributed by atoms with Gasteiger partial charge in [-0.3, -0.25) is 4.68 Å². The average molecular weight is 249 g/mol. The molecule has 0 aliphatic heterocycles. The highest BCUT2D eigenvalue weighted by atomic mass is 15.3. The van der Waals surface area contributed by atoms with E-state index in [2.05, 4.69) is 62.7 Å². The first-order chi connectivity index (χ1) is 8.34. The van der Waals surface area contributed by atoms with Crippen molar-refractivity contribution in [3.8, 4) is 0 Å². The second kappa shape index (κ2) is 4.37. The van der Waals surface area contributed by atoms with E-state index in [0.717, 1.165) is 19.5 Å². The van der Waals surface area contributed by atoms with E-state index in [1.54, 1.807) is 0 Å². The molecule has 2 rings (SSSR count). The summed E-state index contributed by atoms with van der Waals surface area (Å²) in [5.41, 5.74) is 3.31. The summed E-state index contributed by atoms with van der Waals surface area (Å²) in [5, 5.41) is 8.30. The van der Waals surface area contributed by atoms with Crippen LogP contribution in [0.3, 0.4) is 0 Å². The summed E-state index contributed by atoms with van der Waals surface area (Å²) >= 11 is 0. The molecule has 0 aromatic carbocycles. The summed E-state index contributed by atoms with van der Waals surface area (Å²) in [6.07, 6.45) is 1.01.